The van der Waals surface area contributed by atoms with E-state index in [2.05, 4.69) is 22.0 Å². The van der Waals surface area contributed by atoms with Gasteiger partial charge in [-0.1, -0.05) is 6.92 Å². The van der Waals surface area contributed by atoms with Crippen LogP contribution in [-0.4, -0.2) is 31.2 Å². The number of nitrogens with one attached hydrogen (secondary N) is 1. The van der Waals surface area contributed by atoms with Gasteiger partial charge in [0.25, 0.3) is 0 Å². The van der Waals surface area contributed by atoms with E-state index in [1.807, 2.05) is 6.07 Å². The summed E-state index contributed by atoms with van der Waals surface area (Å²) in [6, 6.07) is 3.74. The summed E-state index contributed by atoms with van der Waals surface area (Å²) in [4.78, 5) is 15.7. The highest BCUT2D eigenvalue weighted by atomic mass is 35.5. The van der Waals surface area contributed by atoms with Gasteiger partial charge < -0.3 is 10.1 Å². The van der Waals surface area contributed by atoms with E-state index in [-0.39, 0.29) is 23.8 Å². The summed E-state index contributed by atoms with van der Waals surface area (Å²) in [7, 11) is 1.38. The van der Waals surface area contributed by atoms with Crippen molar-refractivity contribution in [2.24, 2.45) is 0 Å². The lowest BCUT2D eigenvalue weighted by Crippen LogP contribution is -2.38. The second kappa shape index (κ2) is 6.16. The Balaban J connectivity index is 0.00000162. The van der Waals surface area contributed by atoms with Gasteiger partial charge in [-0.15, -0.1) is 12.4 Å². The van der Waals surface area contributed by atoms with Crippen LogP contribution in [0, 0.1) is 0 Å². The normalized spacial score (nSPS) is 17.7. The lowest BCUT2D eigenvalue weighted by Gasteiger charge is -2.33. The zero-order chi connectivity index (χ0) is 12.3. The minimum Gasteiger partial charge on any atom is -0.465 e. The zero-order valence-electron chi connectivity index (χ0n) is 10.7. The molecule has 0 aliphatic carbocycles. The summed E-state index contributed by atoms with van der Waals surface area (Å²) in [5.41, 5.74) is 1.69. The molecule has 1 N–H and O–H groups in total. The zero-order valence-corrected chi connectivity index (χ0v) is 11.5. The van der Waals surface area contributed by atoms with Crippen LogP contribution in [0.5, 0.6) is 0 Å². The summed E-state index contributed by atoms with van der Waals surface area (Å²) in [6.07, 6.45) is 3.77. The van der Waals surface area contributed by atoms with Crippen molar-refractivity contribution in [3.05, 3.63) is 29.6 Å². The molecule has 0 atom stereocenters. The first-order valence-electron chi connectivity index (χ1n) is 5.91. The molecule has 0 bridgehead atoms. The first-order valence-corrected chi connectivity index (χ1v) is 5.91. The second-order valence-corrected chi connectivity index (χ2v) is 4.73. The summed E-state index contributed by atoms with van der Waals surface area (Å²) in [5.74, 6) is -0.334. The first-order chi connectivity index (χ1) is 8.15. The number of nitrogens with zero attached hydrogens (tertiary/aromatic N) is 1. The molecule has 0 spiro atoms. The monoisotopic (exact) mass is 270 g/mol. The van der Waals surface area contributed by atoms with Crippen LogP contribution in [-0.2, 0) is 10.2 Å². The standard InChI is InChI=1S/C13H18N2O2.ClH/c1-13(5-7-14-8-6-13)11-4-3-10(9-15-11)12(16)17-2;/h3-4,9,14H,5-8H2,1-2H3;1H. The number of esters is 1. The van der Waals surface area contributed by atoms with Gasteiger partial charge in [-0.25, -0.2) is 4.79 Å². The Labute approximate surface area is 114 Å². The van der Waals surface area contributed by atoms with Gasteiger partial charge in [-0.2, -0.15) is 0 Å². The smallest absolute Gasteiger partial charge is 0.339 e. The van der Waals surface area contributed by atoms with Gasteiger partial charge in [-0.3, -0.25) is 4.98 Å². The Morgan fingerprint density at radius 3 is 2.56 bits per heavy atom. The van der Waals surface area contributed by atoms with E-state index >= 15 is 0 Å². The van der Waals surface area contributed by atoms with Crippen molar-refractivity contribution >= 4 is 18.4 Å². The molecular formula is C13H19ClN2O2. The molecule has 2 rings (SSSR count). The number of methoxy groups -OCH3 is 1. The Morgan fingerprint density at radius 2 is 2.06 bits per heavy atom. The number of carbonyl (C=O) groups excluding carboxylic acids is 1. The fourth-order valence-electron chi connectivity index (χ4n) is 2.22. The first kappa shape index (κ1) is 14.9. The Morgan fingerprint density at radius 1 is 1.39 bits per heavy atom. The summed E-state index contributed by atoms with van der Waals surface area (Å²) >= 11 is 0. The number of hydrogen-bond acceptors (Lipinski definition) is 4. The van der Waals surface area contributed by atoms with E-state index in [0.717, 1.165) is 31.6 Å². The van der Waals surface area contributed by atoms with Gasteiger partial charge in [0.05, 0.1) is 12.7 Å². The topological polar surface area (TPSA) is 51.2 Å². The van der Waals surface area contributed by atoms with Gasteiger partial charge in [0.2, 0.25) is 0 Å². The van der Waals surface area contributed by atoms with Crippen molar-refractivity contribution in [1.82, 2.24) is 10.3 Å². The third kappa shape index (κ3) is 3.00. The third-order valence-corrected chi connectivity index (χ3v) is 3.51. The SMILES string of the molecule is COC(=O)c1ccc(C2(C)CCNCC2)nc1.Cl. The molecule has 2 heterocycles. The minimum absolute atomic E-state index is 0. The van der Waals surface area contributed by atoms with Crippen LogP contribution >= 0.6 is 12.4 Å². The van der Waals surface area contributed by atoms with E-state index in [0.29, 0.717) is 5.56 Å². The number of aromatic nitrogens is 1. The Hall–Kier alpha value is -1.13. The highest BCUT2D eigenvalue weighted by Crippen LogP contribution is 2.31. The van der Waals surface area contributed by atoms with E-state index < -0.39 is 0 Å². The molecule has 1 aliphatic rings. The number of pyridine rings is 1. The van der Waals surface area contributed by atoms with Crippen molar-refractivity contribution in [1.29, 1.82) is 0 Å². The van der Waals surface area contributed by atoms with Crippen LogP contribution in [0.25, 0.3) is 0 Å². The van der Waals surface area contributed by atoms with Gasteiger partial charge in [0, 0.05) is 17.3 Å². The highest BCUT2D eigenvalue weighted by Gasteiger charge is 2.29. The minimum atomic E-state index is -0.334. The maximum atomic E-state index is 11.3. The molecule has 0 saturated carbocycles. The average Bonchev–Trinajstić information content (AvgIpc) is 2.39. The van der Waals surface area contributed by atoms with Gasteiger partial charge in [0.1, 0.15) is 0 Å². The van der Waals surface area contributed by atoms with Crippen molar-refractivity contribution < 1.29 is 9.53 Å². The van der Waals surface area contributed by atoms with Crippen LogP contribution in [0.3, 0.4) is 0 Å². The lowest BCUT2D eigenvalue weighted by atomic mass is 9.78. The number of piperidine rings is 1. The molecule has 5 heteroatoms. The molecule has 0 aromatic carbocycles. The summed E-state index contributed by atoms with van der Waals surface area (Å²) in [6.45, 7) is 4.28. The quantitative estimate of drug-likeness (QED) is 0.835. The number of hydrogen-bond donors (Lipinski definition) is 1. The largest absolute Gasteiger partial charge is 0.465 e. The molecular weight excluding hydrogens is 252 g/mol. The predicted molar refractivity (Wildman–Crippen MR) is 72.3 cm³/mol. The number of carbonyl (C=O) groups is 1. The average molecular weight is 271 g/mol. The van der Waals surface area contributed by atoms with Crippen molar-refractivity contribution in [2.75, 3.05) is 20.2 Å². The van der Waals surface area contributed by atoms with E-state index in [1.165, 1.54) is 7.11 Å². The number of rotatable bonds is 2. The molecule has 100 valence electrons. The number of ether oxygens (including phenoxy) is 1. The van der Waals surface area contributed by atoms with Crippen molar-refractivity contribution in [3.8, 4) is 0 Å². The van der Waals surface area contributed by atoms with E-state index in [9.17, 15) is 4.79 Å². The molecule has 1 aromatic rings. The van der Waals surface area contributed by atoms with Crippen LogP contribution in [0.15, 0.2) is 18.3 Å². The highest BCUT2D eigenvalue weighted by molar-refractivity contribution is 5.88. The van der Waals surface area contributed by atoms with E-state index in [1.54, 1.807) is 12.3 Å². The molecule has 18 heavy (non-hydrogen) atoms. The third-order valence-electron chi connectivity index (χ3n) is 3.51. The molecule has 0 amide bonds. The maximum absolute atomic E-state index is 11.3. The molecule has 0 radical (unpaired) electrons. The lowest BCUT2D eigenvalue weighted by molar-refractivity contribution is 0.0600. The molecule has 1 fully saturated rings. The molecule has 1 aliphatic heterocycles. The predicted octanol–water partition coefficient (Wildman–Crippen LogP) is 1.93. The summed E-state index contributed by atoms with van der Waals surface area (Å²) in [5, 5.41) is 3.35. The van der Waals surface area contributed by atoms with Crippen LogP contribution in [0.1, 0.15) is 35.8 Å². The van der Waals surface area contributed by atoms with Gasteiger partial charge in [-0.05, 0) is 38.1 Å². The van der Waals surface area contributed by atoms with Crippen molar-refractivity contribution in [3.63, 3.8) is 0 Å². The Kier molecular flexibility index (Phi) is 5.11. The molecule has 1 aromatic heterocycles. The molecule has 1 saturated heterocycles. The van der Waals surface area contributed by atoms with Gasteiger partial charge in [0.15, 0.2) is 0 Å². The van der Waals surface area contributed by atoms with Crippen LogP contribution in [0.2, 0.25) is 0 Å². The van der Waals surface area contributed by atoms with Crippen LogP contribution in [0.4, 0.5) is 0 Å². The van der Waals surface area contributed by atoms with Gasteiger partial charge >= 0.3 is 5.97 Å². The second-order valence-electron chi connectivity index (χ2n) is 4.73. The molecule has 0 unspecified atom stereocenters. The fraction of sp³-hybridized carbons (Fsp3) is 0.538. The Bertz CT molecular complexity index is 400. The van der Waals surface area contributed by atoms with Crippen molar-refractivity contribution in [2.45, 2.75) is 25.2 Å². The fourth-order valence-corrected chi connectivity index (χ4v) is 2.22. The number of halogens is 1. The summed E-state index contributed by atoms with van der Waals surface area (Å²) < 4.78 is 4.66. The maximum Gasteiger partial charge on any atom is 0.339 e. The molecule has 4 nitrogen and oxygen atoms in total. The van der Waals surface area contributed by atoms with Crippen LogP contribution < -0.4 is 5.32 Å². The van der Waals surface area contributed by atoms with E-state index in [4.69, 9.17) is 0 Å².